The van der Waals surface area contributed by atoms with Gasteiger partial charge in [-0.3, -0.25) is 34.2 Å². The third-order valence-corrected chi connectivity index (χ3v) is 7.02. The molecule has 4 N–H and O–H groups in total. The number of anilines is 1. The van der Waals surface area contributed by atoms with Crippen LogP contribution in [0.25, 0.3) is 38.8 Å². The molecule has 2 aromatic carbocycles. The van der Waals surface area contributed by atoms with Crippen LogP contribution in [0.5, 0.6) is 0 Å². The molecule has 0 atom stereocenters. The molecule has 0 aliphatic heterocycles. The van der Waals surface area contributed by atoms with E-state index >= 15 is 0 Å². The fraction of sp³-hybridized carbons (Fsp3) is 0.219. The van der Waals surface area contributed by atoms with Crippen molar-refractivity contribution >= 4 is 57.1 Å². The van der Waals surface area contributed by atoms with E-state index in [1.54, 1.807) is 57.3 Å². The molecule has 18 heteroatoms. The Morgan fingerprint density at radius 1 is 0.840 bits per heavy atom. The van der Waals surface area contributed by atoms with Crippen molar-refractivity contribution in [2.45, 2.75) is 41.0 Å². The zero-order chi connectivity index (χ0) is 36.1. The molecular formula is C32H32N12O6. The van der Waals surface area contributed by atoms with Gasteiger partial charge in [-0.25, -0.2) is 14.3 Å². The molecule has 0 aliphatic carbocycles. The fourth-order valence-electron chi connectivity index (χ4n) is 4.84. The largest absolute Gasteiger partial charge is 0.466 e. The number of hydrogen-bond acceptors (Lipinski definition) is 13. The van der Waals surface area contributed by atoms with Crippen molar-refractivity contribution in [1.82, 2.24) is 54.3 Å². The molecule has 0 bridgehead atoms. The first-order valence-electron chi connectivity index (χ1n) is 15.1. The summed E-state index contributed by atoms with van der Waals surface area (Å²) in [6.07, 6.45) is 2.84. The van der Waals surface area contributed by atoms with Crippen LogP contribution in [-0.2, 0) is 9.53 Å². The van der Waals surface area contributed by atoms with Crippen LogP contribution in [0, 0.1) is 13.8 Å². The minimum atomic E-state index is -0.544. The number of Topliss-reactive ketones (excluding diaryl/α,β-unsaturated/α-hetero) is 1. The normalized spacial score (nSPS) is 10.7. The Labute approximate surface area is 282 Å². The van der Waals surface area contributed by atoms with Gasteiger partial charge < -0.3 is 10.5 Å². The number of fused-ring (bicyclic) bond motifs is 3. The van der Waals surface area contributed by atoms with Crippen LogP contribution in [0.4, 0.5) is 5.95 Å². The van der Waals surface area contributed by atoms with Gasteiger partial charge in [0.25, 0.3) is 11.3 Å². The highest BCUT2D eigenvalue weighted by Gasteiger charge is 2.15. The van der Waals surface area contributed by atoms with Crippen molar-refractivity contribution in [2.75, 3.05) is 12.3 Å². The molecule has 0 saturated carbocycles. The van der Waals surface area contributed by atoms with Crippen LogP contribution < -0.4 is 11.3 Å². The van der Waals surface area contributed by atoms with Crippen molar-refractivity contribution in [1.29, 1.82) is 0 Å². The molecule has 0 saturated heterocycles. The van der Waals surface area contributed by atoms with Crippen LogP contribution in [-0.4, -0.2) is 84.5 Å². The van der Waals surface area contributed by atoms with Gasteiger partial charge >= 0.3 is 5.97 Å². The number of nitrogens with one attached hydrogen (secondary N) is 2. The predicted octanol–water partition coefficient (Wildman–Crippen LogP) is 2.93. The summed E-state index contributed by atoms with van der Waals surface area (Å²) in [5, 5.41) is 18.5. The van der Waals surface area contributed by atoms with E-state index in [1.165, 1.54) is 40.0 Å². The number of nitrogen functional groups attached to an aromatic ring is 1. The number of ether oxygens (including phenoxy) is 1. The zero-order valence-electron chi connectivity index (χ0n) is 27.7. The number of aromatic nitrogens is 11. The highest BCUT2D eigenvalue weighted by Crippen LogP contribution is 2.23. The summed E-state index contributed by atoms with van der Waals surface area (Å²) in [6, 6.07) is 11.7. The van der Waals surface area contributed by atoms with Gasteiger partial charge in [0, 0.05) is 41.8 Å². The molecule has 50 heavy (non-hydrogen) atoms. The SMILES string of the molecule is CC(=O)n1ncc2cc(-c3cc(=O)n4[nH]c(C)nc4n3)ccc21.CCOC(=O)CC(=O)c1ccc2c(cnn2C(C)=O)c1.Cc1nc(N)n[nH]1. The molecule has 0 spiro atoms. The first-order chi connectivity index (χ1) is 23.8. The minimum absolute atomic E-state index is 0.155. The zero-order valence-corrected chi connectivity index (χ0v) is 27.7. The standard InChI is InChI=1S/C15H12N6O2.C14H14N2O4.C3H6N4/c1-8-17-15-18-12(6-14(23)21(15)19-8)10-3-4-13-11(5-10)7-16-20(13)9(2)22;1-3-20-14(19)7-13(18)10-4-5-12-11(6-10)8-15-16(12)9(2)17;1-2-5-3(4)7-6-2/h3-7H,1-2H3,(H,17,18,19);4-6,8H,3,7H2,1-2H3;1H3,(H3,4,5,6,7). The van der Waals surface area contributed by atoms with Gasteiger partial charge in [0.1, 0.15) is 18.1 Å². The van der Waals surface area contributed by atoms with Gasteiger partial charge in [-0.2, -0.15) is 24.7 Å². The second kappa shape index (κ2) is 14.5. The summed E-state index contributed by atoms with van der Waals surface area (Å²) in [5.41, 5.74) is 7.93. The van der Waals surface area contributed by atoms with Gasteiger partial charge in [-0.05, 0) is 51.1 Å². The smallest absolute Gasteiger partial charge is 0.313 e. The highest BCUT2D eigenvalue weighted by molar-refractivity contribution is 6.07. The van der Waals surface area contributed by atoms with E-state index in [1.807, 2.05) is 6.07 Å². The van der Waals surface area contributed by atoms with Crippen LogP contribution >= 0.6 is 0 Å². The highest BCUT2D eigenvalue weighted by atomic mass is 16.5. The number of nitrogens with zero attached hydrogens (tertiary/aromatic N) is 9. The van der Waals surface area contributed by atoms with E-state index in [0.717, 1.165) is 22.3 Å². The van der Waals surface area contributed by atoms with Crippen LogP contribution in [0.15, 0.2) is 59.7 Å². The number of aryl methyl sites for hydroxylation is 2. The second-order valence-corrected chi connectivity index (χ2v) is 10.8. The van der Waals surface area contributed by atoms with Crippen LogP contribution in [0.2, 0.25) is 0 Å². The van der Waals surface area contributed by atoms with Crippen LogP contribution in [0.1, 0.15) is 58.8 Å². The fourth-order valence-corrected chi connectivity index (χ4v) is 4.84. The van der Waals surface area contributed by atoms with Gasteiger partial charge in [0.2, 0.25) is 17.8 Å². The van der Waals surface area contributed by atoms with E-state index in [2.05, 4.69) is 40.4 Å². The number of esters is 1. The lowest BCUT2D eigenvalue weighted by Gasteiger charge is -2.02. The van der Waals surface area contributed by atoms with E-state index in [4.69, 9.17) is 10.5 Å². The maximum absolute atomic E-state index is 12.1. The lowest BCUT2D eigenvalue weighted by atomic mass is 10.1. The number of hydrogen-bond donors (Lipinski definition) is 3. The Hall–Kier alpha value is -6.85. The molecule has 0 amide bonds. The van der Waals surface area contributed by atoms with Crippen molar-refractivity contribution in [3.63, 3.8) is 0 Å². The minimum Gasteiger partial charge on any atom is -0.466 e. The number of carbonyl (C=O) groups is 4. The predicted molar refractivity (Wildman–Crippen MR) is 181 cm³/mol. The number of aromatic amines is 2. The number of carbonyl (C=O) groups excluding carboxylic acids is 4. The first kappa shape index (κ1) is 34.5. The Morgan fingerprint density at radius 2 is 1.48 bits per heavy atom. The summed E-state index contributed by atoms with van der Waals surface area (Å²) >= 11 is 0. The van der Waals surface area contributed by atoms with E-state index in [9.17, 15) is 24.0 Å². The second-order valence-electron chi connectivity index (χ2n) is 10.8. The summed E-state index contributed by atoms with van der Waals surface area (Å²) < 4.78 is 8.63. The van der Waals surface area contributed by atoms with Gasteiger partial charge in [0.05, 0.1) is 35.7 Å². The maximum atomic E-state index is 12.1. The summed E-state index contributed by atoms with van der Waals surface area (Å²) in [5.74, 6) is 0.769. The summed E-state index contributed by atoms with van der Waals surface area (Å²) in [6.45, 7) is 8.35. The lowest BCUT2D eigenvalue weighted by Crippen LogP contribution is -2.14. The first-order valence-corrected chi connectivity index (χ1v) is 15.1. The number of ketones is 1. The molecule has 0 fully saturated rings. The molecule has 0 unspecified atom stereocenters. The Kier molecular flexibility index (Phi) is 10.0. The van der Waals surface area contributed by atoms with Gasteiger partial charge in [0.15, 0.2) is 5.78 Å². The topological polar surface area (TPSA) is 244 Å². The molecule has 7 rings (SSSR count). The Morgan fingerprint density at radius 3 is 2.04 bits per heavy atom. The number of rotatable bonds is 5. The average Bonchev–Trinajstić information content (AvgIpc) is 3.86. The monoisotopic (exact) mass is 680 g/mol. The lowest BCUT2D eigenvalue weighted by molar-refractivity contribution is -0.141. The quantitative estimate of drug-likeness (QED) is 0.135. The summed E-state index contributed by atoms with van der Waals surface area (Å²) in [4.78, 5) is 70.5. The van der Waals surface area contributed by atoms with Crippen molar-refractivity contribution in [3.05, 3.63) is 82.4 Å². The Bertz CT molecular complexity index is 2430. The van der Waals surface area contributed by atoms with Gasteiger partial charge in [-0.1, -0.05) is 6.07 Å². The third-order valence-electron chi connectivity index (χ3n) is 7.02. The molecule has 7 aromatic rings. The number of H-pyrrole nitrogens is 2. The van der Waals surface area contributed by atoms with E-state index in [-0.39, 0.29) is 36.2 Å². The number of benzene rings is 2. The van der Waals surface area contributed by atoms with E-state index in [0.29, 0.717) is 39.7 Å². The maximum Gasteiger partial charge on any atom is 0.313 e. The van der Waals surface area contributed by atoms with E-state index < -0.39 is 5.97 Å². The van der Waals surface area contributed by atoms with Crippen molar-refractivity contribution < 1.29 is 23.9 Å². The van der Waals surface area contributed by atoms with Crippen LogP contribution in [0.3, 0.4) is 0 Å². The summed E-state index contributed by atoms with van der Waals surface area (Å²) in [7, 11) is 0. The number of nitrogens with two attached hydrogens (primary N) is 1. The van der Waals surface area contributed by atoms with Crippen molar-refractivity contribution in [2.24, 2.45) is 0 Å². The van der Waals surface area contributed by atoms with Gasteiger partial charge in [-0.15, -0.1) is 5.10 Å². The average molecular weight is 681 g/mol. The molecule has 5 aromatic heterocycles. The molecule has 0 aliphatic rings. The molecule has 256 valence electrons. The molecular weight excluding hydrogens is 648 g/mol. The third kappa shape index (κ3) is 7.64. The van der Waals surface area contributed by atoms with Crippen molar-refractivity contribution in [3.8, 4) is 11.3 Å². The Balaban J connectivity index is 0.000000164. The molecule has 18 nitrogen and oxygen atoms in total. The molecule has 5 heterocycles. The molecule has 0 radical (unpaired) electrons.